The number of ether oxygens (including phenoxy) is 1. The Morgan fingerprint density at radius 1 is 1.50 bits per heavy atom. The molecule has 16 heavy (non-hydrogen) atoms. The molecule has 0 spiro atoms. The quantitative estimate of drug-likeness (QED) is 0.472. The highest BCUT2D eigenvalue weighted by Gasteiger charge is 2.10. The van der Waals surface area contributed by atoms with Crippen molar-refractivity contribution in [2.24, 2.45) is 0 Å². The van der Waals surface area contributed by atoms with Gasteiger partial charge in [0, 0.05) is 6.54 Å². The molecule has 1 rings (SSSR count). The van der Waals surface area contributed by atoms with E-state index < -0.39 is 5.97 Å². The Bertz CT molecular complexity index is 375. The third kappa shape index (κ3) is 3.90. The van der Waals surface area contributed by atoms with Gasteiger partial charge in [-0.1, -0.05) is 11.6 Å². The van der Waals surface area contributed by atoms with E-state index in [0.29, 0.717) is 6.54 Å². The fourth-order valence-electron chi connectivity index (χ4n) is 1.15. The van der Waals surface area contributed by atoms with Crippen molar-refractivity contribution in [1.29, 1.82) is 0 Å². The van der Waals surface area contributed by atoms with Crippen molar-refractivity contribution in [3.05, 3.63) is 35.3 Å². The molecule has 0 aliphatic carbocycles. The highest BCUT2D eigenvalue weighted by molar-refractivity contribution is 5.86. The average Bonchev–Trinajstić information content (AvgIpc) is 2.71. The van der Waals surface area contributed by atoms with E-state index in [4.69, 9.17) is 4.42 Å². The van der Waals surface area contributed by atoms with Crippen molar-refractivity contribution >= 4 is 5.97 Å². The van der Waals surface area contributed by atoms with Crippen molar-refractivity contribution in [3.63, 3.8) is 0 Å². The largest absolute Gasteiger partial charge is 0.463 e. The molecule has 0 atom stereocenters. The number of carbonyl (C=O) groups is 1. The van der Waals surface area contributed by atoms with Crippen LogP contribution in [0.3, 0.4) is 0 Å². The molecule has 1 heterocycles. The minimum Gasteiger partial charge on any atom is -0.463 e. The fraction of sp³-hybridized carbons (Fsp3) is 0.417. The molecular formula is C12H17NO3. The third-order valence-corrected chi connectivity index (χ3v) is 2.00. The van der Waals surface area contributed by atoms with Crippen LogP contribution in [0.2, 0.25) is 0 Å². The molecule has 0 amide bonds. The monoisotopic (exact) mass is 223 g/mol. The highest BCUT2D eigenvalue weighted by Crippen LogP contribution is 2.08. The van der Waals surface area contributed by atoms with Gasteiger partial charge in [-0.05, 0) is 26.0 Å². The van der Waals surface area contributed by atoms with Crippen LogP contribution in [0.4, 0.5) is 0 Å². The van der Waals surface area contributed by atoms with Gasteiger partial charge >= 0.3 is 5.97 Å². The molecule has 4 heteroatoms. The van der Waals surface area contributed by atoms with E-state index in [2.05, 4.69) is 16.1 Å². The molecule has 0 radical (unpaired) electrons. The van der Waals surface area contributed by atoms with Crippen LogP contribution >= 0.6 is 0 Å². The van der Waals surface area contributed by atoms with Gasteiger partial charge in [0.05, 0.1) is 13.7 Å². The van der Waals surface area contributed by atoms with E-state index in [1.165, 1.54) is 12.7 Å². The Hall–Kier alpha value is -1.55. The van der Waals surface area contributed by atoms with E-state index >= 15 is 0 Å². The predicted octanol–water partition coefficient (Wildman–Crippen LogP) is 2.12. The Balaban J connectivity index is 2.41. The lowest BCUT2D eigenvalue weighted by Gasteiger charge is -1.98. The normalized spacial score (nSPS) is 9.94. The van der Waals surface area contributed by atoms with E-state index in [-0.39, 0.29) is 5.76 Å². The van der Waals surface area contributed by atoms with Gasteiger partial charge in [-0.15, -0.1) is 0 Å². The Morgan fingerprint density at radius 3 is 2.88 bits per heavy atom. The average molecular weight is 223 g/mol. The number of allylic oxidation sites excluding steroid dienone is 1. The van der Waals surface area contributed by atoms with Crippen LogP contribution in [0.5, 0.6) is 0 Å². The molecule has 1 N–H and O–H groups in total. The number of rotatable bonds is 5. The van der Waals surface area contributed by atoms with Crippen molar-refractivity contribution < 1.29 is 13.9 Å². The Kier molecular flexibility index (Phi) is 4.79. The number of furan rings is 1. The van der Waals surface area contributed by atoms with Gasteiger partial charge in [0.25, 0.3) is 0 Å². The van der Waals surface area contributed by atoms with Crippen LogP contribution in [0.25, 0.3) is 0 Å². The summed E-state index contributed by atoms with van der Waals surface area (Å²) in [5.74, 6) is 0.514. The summed E-state index contributed by atoms with van der Waals surface area (Å²) in [6.07, 6.45) is 2.09. The molecule has 0 aromatic carbocycles. The highest BCUT2D eigenvalue weighted by atomic mass is 16.5. The lowest BCUT2D eigenvalue weighted by Crippen LogP contribution is -2.12. The Labute approximate surface area is 95.3 Å². The van der Waals surface area contributed by atoms with Crippen molar-refractivity contribution in [2.75, 3.05) is 13.7 Å². The molecule has 0 unspecified atom stereocenters. The first kappa shape index (κ1) is 12.5. The standard InChI is InChI=1S/C12H17NO3/c1-9(2)6-7-13-8-10-4-5-11(16-10)12(14)15-3/h4-6,13H,7-8H2,1-3H3. The maximum Gasteiger partial charge on any atom is 0.373 e. The van der Waals surface area contributed by atoms with Crippen LogP contribution in [-0.2, 0) is 11.3 Å². The molecule has 0 aliphatic rings. The topological polar surface area (TPSA) is 51.5 Å². The molecule has 0 bridgehead atoms. The maximum atomic E-state index is 11.1. The first-order valence-corrected chi connectivity index (χ1v) is 5.14. The number of esters is 1. The van der Waals surface area contributed by atoms with Crippen LogP contribution in [0, 0.1) is 0 Å². The molecule has 0 aliphatic heterocycles. The van der Waals surface area contributed by atoms with E-state index in [1.54, 1.807) is 12.1 Å². The molecule has 88 valence electrons. The summed E-state index contributed by atoms with van der Waals surface area (Å²) >= 11 is 0. The summed E-state index contributed by atoms with van der Waals surface area (Å²) in [6, 6.07) is 3.38. The zero-order valence-corrected chi connectivity index (χ0v) is 9.87. The maximum absolute atomic E-state index is 11.1. The number of nitrogens with one attached hydrogen (secondary N) is 1. The Morgan fingerprint density at radius 2 is 2.25 bits per heavy atom. The predicted molar refractivity (Wildman–Crippen MR) is 61.2 cm³/mol. The van der Waals surface area contributed by atoms with Crippen LogP contribution in [0.15, 0.2) is 28.2 Å². The summed E-state index contributed by atoms with van der Waals surface area (Å²) in [4.78, 5) is 11.1. The van der Waals surface area contributed by atoms with Gasteiger partial charge in [0.1, 0.15) is 5.76 Å². The molecule has 0 saturated heterocycles. The SMILES string of the molecule is COC(=O)c1ccc(CNCC=C(C)C)o1. The molecule has 0 saturated carbocycles. The van der Waals surface area contributed by atoms with E-state index in [0.717, 1.165) is 12.3 Å². The summed E-state index contributed by atoms with van der Waals surface area (Å²) in [7, 11) is 1.33. The number of methoxy groups -OCH3 is 1. The van der Waals surface area contributed by atoms with Crippen molar-refractivity contribution in [1.82, 2.24) is 5.32 Å². The lowest BCUT2D eigenvalue weighted by molar-refractivity contribution is 0.0563. The number of hydrogen-bond donors (Lipinski definition) is 1. The fourth-order valence-corrected chi connectivity index (χ4v) is 1.15. The second kappa shape index (κ2) is 6.12. The van der Waals surface area contributed by atoms with Crippen LogP contribution in [-0.4, -0.2) is 19.6 Å². The third-order valence-electron chi connectivity index (χ3n) is 2.00. The summed E-state index contributed by atoms with van der Waals surface area (Å²) in [6.45, 7) is 5.48. The smallest absolute Gasteiger partial charge is 0.373 e. The number of carbonyl (C=O) groups excluding carboxylic acids is 1. The molecule has 0 fully saturated rings. The van der Waals surface area contributed by atoms with Gasteiger partial charge in [-0.2, -0.15) is 0 Å². The van der Waals surface area contributed by atoms with Crippen LogP contribution < -0.4 is 5.32 Å². The first-order valence-electron chi connectivity index (χ1n) is 5.14. The minimum atomic E-state index is -0.449. The van der Waals surface area contributed by atoms with E-state index in [9.17, 15) is 4.79 Å². The molecule has 4 nitrogen and oxygen atoms in total. The van der Waals surface area contributed by atoms with Crippen molar-refractivity contribution in [2.45, 2.75) is 20.4 Å². The molecule has 1 aromatic heterocycles. The van der Waals surface area contributed by atoms with Gasteiger partial charge in [0.2, 0.25) is 5.76 Å². The molecule has 1 aromatic rings. The summed E-state index contributed by atoms with van der Waals surface area (Å²) < 4.78 is 9.83. The summed E-state index contributed by atoms with van der Waals surface area (Å²) in [5, 5.41) is 3.18. The molecular weight excluding hydrogens is 206 g/mol. The van der Waals surface area contributed by atoms with Crippen LogP contribution in [0.1, 0.15) is 30.2 Å². The van der Waals surface area contributed by atoms with Gasteiger partial charge in [0.15, 0.2) is 0 Å². The zero-order chi connectivity index (χ0) is 12.0. The van der Waals surface area contributed by atoms with Gasteiger partial charge < -0.3 is 14.5 Å². The second-order valence-corrected chi connectivity index (χ2v) is 3.67. The minimum absolute atomic E-state index is 0.238. The zero-order valence-electron chi connectivity index (χ0n) is 9.87. The van der Waals surface area contributed by atoms with Gasteiger partial charge in [-0.25, -0.2) is 4.79 Å². The number of hydrogen-bond acceptors (Lipinski definition) is 4. The van der Waals surface area contributed by atoms with Crippen molar-refractivity contribution in [3.8, 4) is 0 Å². The first-order chi connectivity index (χ1) is 7.63. The van der Waals surface area contributed by atoms with E-state index in [1.807, 2.05) is 13.8 Å². The second-order valence-electron chi connectivity index (χ2n) is 3.67. The van der Waals surface area contributed by atoms with Gasteiger partial charge in [-0.3, -0.25) is 0 Å². The summed E-state index contributed by atoms with van der Waals surface area (Å²) in [5.41, 5.74) is 1.27. The lowest BCUT2D eigenvalue weighted by atomic mass is 10.3.